The Morgan fingerprint density at radius 2 is 1.83 bits per heavy atom. The van der Waals surface area contributed by atoms with Crippen molar-refractivity contribution >= 4 is 40.7 Å². The van der Waals surface area contributed by atoms with Crippen molar-refractivity contribution in [2.24, 2.45) is 4.99 Å². The number of piperidine rings is 1. The van der Waals surface area contributed by atoms with Gasteiger partial charge in [-0.15, -0.1) is 24.0 Å². The topological polar surface area (TPSA) is 48.9 Å². The number of nitrogens with one attached hydrogen (secondary N) is 2. The quantitative estimate of drug-likeness (QED) is 0.330. The van der Waals surface area contributed by atoms with Gasteiger partial charge in [0, 0.05) is 25.7 Å². The van der Waals surface area contributed by atoms with E-state index in [-0.39, 0.29) is 24.0 Å². The van der Waals surface area contributed by atoms with Gasteiger partial charge in [0.05, 0.1) is 13.7 Å². The predicted octanol–water partition coefficient (Wildman–Crippen LogP) is 4.40. The largest absolute Gasteiger partial charge is 0.497 e. The number of halogens is 1. The Bertz CT molecular complexity index is 788. The lowest BCUT2D eigenvalue weighted by Crippen LogP contribution is -2.48. The van der Waals surface area contributed by atoms with Gasteiger partial charge in [0.25, 0.3) is 0 Å². The molecule has 2 aromatic rings. The minimum absolute atomic E-state index is 0. The molecule has 2 N–H and O–H groups in total. The van der Waals surface area contributed by atoms with Gasteiger partial charge in [-0.05, 0) is 67.3 Å². The summed E-state index contributed by atoms with van der Waals surface area (Å²) in [6.07, 6.45) is 3.60. The van der Waals surface area contributed by atoms with Crippen molar-refractivity contribution in [2.45, 2.75) is 45.7 Å². The van der Waals surface area contributed by atoms with Crippen LogP contribution in [0, 0.1) is 0 Å². The molecule has 0 saturated carbocycles. The molecule has 160 valence electrons. The fourth-order valence-corrected chi connectivity index (χ4v) is 3.80. The second-order valence-corrected chi connectivity index (χ2v) is 7.50. The Morgan fingerprint density at radius 1 is 1.10 bits per heavy atom. The number of guanidine groups is 1. The molecule has 6 heteroatoms. The third-order valence-corrected chi connectivity index (χ3v) is 5.34. The monoisotopic (exact) mass is 510 g/mol. The minimum Gasteiger partial charge on any atom is -0.497 e. The molecule has 0 radical (unpaired) electrons. The fourth-order valence-electron chi connectivity index (χ4n) is 3.80. The zero-order chi connectivity index (χ0) is 19.8. The lowest BCUT2D eigenvalue weighted by molar-refractivity contribution is 0.206. The molecule has 2 aromatic carbocycles. The van der Waals surface area contributed by atoms with Crippen LogP contribution in [0.5, 0.6) is 5.75 Å². The second-order valence-electron chi connectivity index (χ2n) is 7.50. The van der Waals surface area contributed by atoms with E-state index in [1.54, 1.807) is 7.11 Å². The van der Waals surface area contributed by atoms with E-state index in [2.05, 4.69) is 59.7 Å². The first-order valence-electron chi connectivity index (χ1n) is 10.6. The van der Waals surface area contributed by atoms with Crippen molar-refractivity contribution in [2.75, 3.05) is 33.3 Å². The molecule has 0 amide bonds. The molecule has 1 heterocycles. The molecule has 0 aliphatic carbocycles. The molecular formula is C23H35IN4O. The Kier molecular flexibility index (Phi) is 10.0. The number of fused-ring (bicyclic) bond motifs is 1. The Hall–Kier alpha value is -1.54. The van der Waals surface area contributed by atoms with Crippen LogP contribution in [-0.2, 0) is 6.54 Å². The first-order chi connectivity index (χ1) is 13.7. The third-order valence-electron chi connectivity index (χ3n) is 5.34. The summed E-state index contributed by atoms with van der Waals surface area (Å²) in [7, 11) is 1.70. The molecule has 1 saturated heterocycles. The molecule has 1 fully saturated rings. The maximum atomic E-state index is 5.31. The molecule has 0 bridgehead atoms. The number of benzene rings is 2. The summed E-state index contributed by atoms with van der Waals surface area (Å²) in [5.41, 5.74) is 1.22. The highest BCUT2D eigenvalue weighted by Gasteiger charge is 2.19. The van der Waals surface area contributed by atoms with Crippen LogP contribution in [0.1, 0.15) is 38.7 Å². The maximum absolute atomic E-state index is 5.31. The molecule has 0 atom stereocenters. The van der Waals surface area contributed by atoms with E-state index in [0.717, 1.165) is 18.3 Å². The number of ether oxygens (including phenoxy) is 1. The lowest BCUT2D eigenvalue weighted by Gasteiger charge is -2.32. The molecule has 0 aromatic heterocycles. The zero-order valence-electron chi connectivity index (χ0n) is 17.9. The molecule has 1 aliphatic rings. The van der Waals surface area contributed by atoms with Gasteiger partial charge in [0.2, 0.25) is 0 Å². The standard InChI is InChI=1S/C23H34N4O.HI/c1-4-12-27-13-10-21(11-14-27)26-23(24-5-2)25-17-18-6-7-20-16-22(28-3)9-8-19(20)15-18;/h6-9,15-16,21H,4-5,10-14,17H2,1-3H3,(H2,24,25,26);1H. The minimum atomic E-state index is 0. The SMILES string of the molecule is CCCN1CCC(NC(=NCc2ccc3cc(OC)ccc3c2)NCC)CC1.I. The average Bonchev–Trinajstić information content (AvgIpc) is 2.73. The molecule has 29 heavy (non-hydrogen) atoms. The van der Waals surface area contributed by atoms with Crippen molar-refractivity contribution < 1.29 is 4.74 Å². The van der Waals surface area contributed by atoms with Gasteiger partial charge in [-0.1, -0.05) is 25.1 Å². The normalized spacial score (nSPS) is 15.8. The van der Waals surface area contributed by atoms with Crippen LogP contribution in [0.15, 0.2) is 41.4 Å². The summed E-state index contributed by atoms with van der Waals surface area (Å²) in [6.45, 7) is 9.49. The van der Waals surface area contributed by atoms with Crippen molar-refractivity contribution in [1.82, 2.24) is 15.5 Å². The molecule has 1 aliphatic heterocycles. The van der Waals surface area contributed by atoms with Crippen LogP contribution in [-0.4, -0.2) is 50.2 Å². The van der Waals surface area contributed by atoms with Crippen LogP contribution in [0.4, 0.5) is 0 Å². The molecule has 3 rings (SSSR count). The van der Waals surface area contributed by atoms with E-state index >= 15 is 0 Å². The highest BCUT2D eigenvalue weighted by Crippen LogP contribution is 2.22. The maximum Gasteiger partial charge on any atom is 0.191 e. The van der Waals surface area contributed by atoms with E-state index in [4.69, 9.17) is 9.73 Å². The number of nitrogens with zero attached hydrogens (tertiary/aromatic N) is 2. The molecular weight excluding hydrogens is 475 g/mol. The number of hydrogen-bond acceptors (Lipinski definition) is 3. The average molecular weight is 510 g/mol. The summed E-state index contributed by atoms with van der Waals surface area (Å²) in [5.74, 6) is 1.81. The van der Waals surface area contributed by atoms with E-state index in [9.17, 15) is 0 Å². The molecule has 0 spiro atoms. The highest BCUT2D eigenvalue weighted by molar-refractivity contribution is 14.0. The number of hydrogen-bond donors (Lipinski definition) is 2. The first-order valence-corrected chi connectivity index (χ1v) is 10.6. The van der Waals surface area contributed by atoms with Gasteiger partial charge in [-0.25, -0.2) is 4.99 Å². The van der Waals surface area contributed by atoms with Gasteiger partial charge in [0.1, 0.15) is 5.75 Å². The number of likely N-dealkylation sites (tertiary alicyclic amines) is 1. The number of methoxy groups -OCH3 is 1. The van der Waals surface area contributed by atoms with Gasteiger partial charge < -0.3 is 20.3 Å². The van der Waals surface area contributed by atoms with Gasteiger partial charge >= 0.3 is 0 Å². The smallest absolute Gasteiger partial charge is 0.191 e. The van der Waals surface area contributed by atoms with E-state index in [1.807, 2.05) is 6.07 Å². The van der Waals surface area contributed by atoms with Crippen LogP contribution in [0.3, 0.4) is 0 Å². The lowest BCUT2D eigenvalue weighted by atomic mass is 10.1. The highest BCUT2D eigenvalue weighted by atomic mass is 127. The summed E-state index contributed by atoms with van der Waals surface area (Å²) >= 11 is 0. The van der Waals surface area contributed by atoms with E-state index < -0.39 is 0 Å². The third kappa shape index (κ3) is 7.03. The van der Waals surface area contributed by atoms with E-state index in [1.165, 1.54) is 55.2 Å². The summed E-state index contributed by atoms with van der Waals surface area (Å²) in [6, 6.07) is 13.2. The van der Waals surface area contributed by atoms with Gasteiger partial charge in [0.15, 0.2) is 5.96 Å². The Labute approximate surface area is 192 Å². The van der Waals surface area contributed by atoms with E-state index in [0.29, 0.717) is 12.6 Å². The van der Waals surface area contributed by atoms with Crippen LogP contribution in [0.2, 0.25) is 0 Å². The van der Waals surface area contributed by atoms with Crippen molar-refractivity contribution in [3.63, 3.8) is 0 Å². The molecule has 5 nitrogen and oxygen atoms in total. The van der Waals surface area contributed by atoms with Crippen LogP contribution >= 0.6 is 24.0 Å². The summed E-state index contributed by atoms with van der Waals surface area (Å²) in [5, 5.41) is 9.44. The van der Waals surface area contributed by atoms with Crippen molar-refractivity contribution in [3.8, 4) is 5.75 Å². The van der Waals surface area contributed by atoms with Gasteiger partial charge in [-0.3, -0.25) is 0 Å². The first kappa shape index (κ1) is 23.7. The summed E-state index contributed by atoms with van der Waals surface area (Å²) < 4.78 is 5.31. The van der Waals surface area contributed by atoms with Crippen LogP contribution in [0.25, 0.3) is 10.8 Å². The summed E-state index contributed by atoms with van der Waals surface area (Å²) in [4.78, 5) is 7.39. The van der Waals surface area contributed by atoms with Gasteiger partial charge in [-0.2, -0.15) is 0 Å². The second kappa shape index (κ2) is 12.2. The molecule has 0 unspecified atom stereocenters. The van der Waals surface area contributed by atoms with Crippen molar-refractivity contribution in [1.29, 1.82) is 0 Å². The Balaban J connectivity index is 0.00000300. The fraction of sp³-hybridized carbons (Fsp3) is 0.522. The zero-order valence-corrected chi connectivity index (χ0v) is 20.2. The number of rotatable bonds is 7. The predicted molar refractivity (Wildman–Crippen MR) is 134 cm³/mol. The Morgan fingerprint density at radius 3 is 2.52 bits per heavy atom. The van der Waals surface area contributed by atoms with Crippen molar-refractivity contribution in [3.05, 3.63) is 42.0 Å². The number of aliphatic imine (C=N–C) groups is 1. The van der Waals surface area contributed by atoms with Crippen LogP contribution < -0.4 is 15.4 Å².